The van der Waals surface area contributed by atoms with Crippen molar-refractivity contribution in [2.24, 2.45) is 11.3 Å². The molecule has 0 amide bonds. The van der Waals surface area contributed by atoms with Crippen molar-refractivity contribution in [1.82, 2.24) is 0 Å². The Morgan fingerprint density at radius 3 is 2.58 bits per heavy atom. The first-order valence-electron chi connectivity index (χ1n) is 7.37. The van der Waals surface area contributed by atoms with E-state index < -0.39 is 0 Å². The van der Waals surface area contributed by atoms with Gasteiger partial charge >= 0.3 is 0 Å². The lowest BCUT2D eigenvalue weighted by Gasteiger charge is -2.45. The largest absolute Gasteiger partial charge is 0.396 e. The van der Waals surface area contributed by atoms with Crippen molar-refractivity contribution in [3.05, 3.63) is 29.3 Å². The van der Waals surface area contributed by atoms with Crippen LogP contribution in [0.3, 0.4) is 0 Å². The Hall–Kier alpha value is -1.02. The van der Waals surface area contributed by atoms with E-state index in [-0.39, 0.29) is 5.41 Å². The number of aryl methyl sites for hydroxylation is 2. The first-order chi connectivity index (χ1) is 8.94. The SMILES string of the molecule is Cc1ccc(N2CCC(CCO)C(C)(C)C2)cc1C. The summed E-state index contributed by atoms with van der Waals surface area (Å²) >= 11 is 0. The molecule has 0 spiro atoms. The van der Waals surface area contributed by atoms with Crippen LogP contribution in [0, 0.1) is 25.2 Å². The molecule has 0 radical (unpaired) electrons. The standard InChI is InChI=1S/C17H27NO/c1-13-5-6-16(11-14(13)2)18-9-7-15(8-10-19)17(3,4)12-18/h5-6,11,15,19H,7-10,12H2,1-4H3. The first kappa shape index (κ1) is 14.4. The van der Waals surface area contributed by atoms with Gasteiger partial charge in [-0.2, -0.15) is 0 Å². The van der Waals surface area contributed by atoms with E-state index in [1.807, 2.05) is 0 Å². The highest BCUT2D eigenvalue weighted by Crippen LogP contribution is 2.38. The van der Waals surface area contributed by atoms with Gasteiger partial charge in [0.1, 0.15) is 0 Å². The highest BCUT2D eigenvalue weighted by atomic mass is 16.3. The molecule has 19 heavy (non-hydrogen) atoms. The molecule has 1 aromatic carbocycles. The van der Waals surface area contributed by atoms with Crippen LogP contribution < -0.4 is 4.90 Å². The number of benzene rings is 1. The molecule has 2 heteroatoms. The van der Waals surface area contributed by atoms with Gasteiger partial charge in [0.2, 0.25) is 0 Å². The fourth-order valence-electron chi connectivity index (χ4n) is 3.24. The van der Waals surface area contributed by atoms with Crippen molar-refractivity contribution in [3.63, 3.8) is 0 Å². The molecule has 1 saturated heterocycles. The Kier molecular flexibility index (Phi) is 4.19. The minimum atomic E-state index is 0.278. The topological polar surface area (TPSA) is 23.5 Å². The van der Waals surface area contributed by atoms with Crippen LogP contribution in [0.5, 0.6) is 0 Å². The minimum absolute atomic E-state index is 0.278. The van der Waals surface area contributed by atoms with Gasteiger partial charge in [-0.3, -0.25) is 0 Å². The summed E-state index contributed by atoms with van der Waals surface area (Å²) in [5, 5.41) is 9.19. The predicted octanol–water partition coefficient (Wildman–Crippen LogP) is 3.54. The first-order valence-corrected chi connectivity index (χ1v) is 7.37. The third-order valence-electron chi connectivity index (χ3n) is 4.78. The molecule has 1 aliphatic rings. The molecule has 106 valence electrons. The van der Waals surface area contributed by atoms with Crippen molar-refractivity contribution >= 4 is 5.69 Å². The normalized spacial score (nSPS) is 22.6. The average Bonchev–Trinajstić information content (AvgIpc) is 2.35. The number of rotatable bonds is 3. The van der Waals surface area contributed by atoms with E-state index in [2.05, 4.69) is 50.8 Å². The molecule has 0 aromatic heterocycles. The number of aliphatic hydroxyl groups excluding tert-OH is 1. The fourth-order valence-corrected chi connectivity index (χ4v) is 3.24. The van der Waals surface area contributed by atoms with Crippen LogP contribution in [0.25, 0.3) is 0 Å². The maximum absolute atomic E-state index is 9.19. The molecular weight excluding hydrogens is 234 g/mol. The summed E-state index contributed by atoms with van der Waals surface area (Å²) in [6.07, 6.45) is 2.12. The summed E-state index contributed by atoms with van der Waals surface area (Å²) in [6.45, 7) is 11.5. The second kappa shape index (κ2) is 5.54. The summed E-state index contributed by atoms with van der Waals surface area (Å²) in [4.78, 5) is 2.50. The van der Waals surface area contributed by atoms with Gasteiger partial charge < -0.3 is 10.0 Å². The maximum Gasteiger partial charge on any atom is 0.0433 e. The molecule has 2 rings (SSSR count). The number of aliphatic hydroxyl groups is 1. The molecule has 0 bridgehead atoms. The number of anilines is 1. The predicted molar refractivity (Wildman–Crippen MR) is 81.7 cm³/mol. The highest BCUT2D eigenvalue weighted by Gasteiger charge is 2.35. The zero-order chi connectivity index (χ0) is 14.0. The van der Waals surface area contributed by atoms with Crippen molar-refractivity contribution in [2.45, 2.75) is 40.5 Å². The molecule has 1 heterocycles. The monoisotopic (exact) mass is 261 g/mol. The van der Waals surface area contributed by atoms with Crippen molar-refractivity contribution in [3.8, 4) is 0 Å². The smallest absolute Gasteiger partial charge is 0.0433 e. The maximum atomic E-state index is 9.19. The van der Waals surface area contributed by atoms with Crippen molar-refractivity contribution in [1.29, 1.82) is 0 Å². The number of nitrogens with zero attached hydrogens (tertiary/aromatic N) is 1. The second-order valence-corrected chi connectivity index (χ2v) is 6.68. The molecule has 1 atom stereocenters. The van der Waals surface area contributed by atoms with E-state index in [1.165, 1.54) is 23.2 Å². The van der Waals surface area contributed by atoms with Gasteiger partial charge in [-0.25, -0.2) is 0 Å². The van der Waals surface area contributed by atoms with E-state index in [0.29, 0.717) is 12.5 Å². The van der Waals surface area contributed by atoms with Crippen LogP contribution in [-0.4, -0.2) is 24.8 Å². The third-order valence-corrected chi connectivity index (χ3v) is 4.78. The van der Waals surface area contributed by atoms with Crippen molar-refractivity contribution in [2.75, 3.05) is 24.6 Å². The summed E-state index contributed by atoms with van der Waals surface area (Å²) in [7, 11) is 0. The van der Waals surface area contributed by atoms with Gasteiger partial charge in [-0.05, 0) is 61.3 Å². The molecule has 0 saturated carbocycles. The number of hydrogen-bond donors (Lipinski definition) is 1. The van der Waals surface area contributed by atoms with E-state index in [1.54, 1.807) is 0 Å². The zero-order valence-electron chi connectivity index (χ0n) is 12.7. The molecule has 1 fully saturated rings. The van der Waals surface area contributed by atoms with Gasteiger partial charge in [-0.15, -0.1) is 0 Å². The van der Waals surface area contributed by atoms with E-state index in [0.717, 1.165) is 19.5 Å². The summed E-state index contributed by atoms with van der Waals surface area (Å²) < 4.78 is 0. The molecule has 1 N–H and O–H groups in total. The number of hydrogen-bond acceptors (Lipinski definition) is 2. The lowest BCUT2D eigenvalue weighted by atomic mass is 9.72. The molecule has 1 aromatic rings. The van der Waals surface area contributed by atoms with Gasteiger partial charge in [0, 0.05) is 25.4 Å². The Morgan fingerprint density at radius 2 is 2.00 bits per heavy atom. The molecular formula is C17H27NO. The Balaban J connectivity index is 2.13. The summed E-state index contributed by atoms with van der Waals surface area (Å²) in [5.74, 6) is 0.639. The second-order valence-electron chi connectivity index (χ2n) is 6.68. The van der Waals surface area contributed by atoms with E-state index >= 15 is 0 Å². The van der Waals surface area contributed by atoms with Crippen molar-refractivity contribution < 1.29 is 5.11 Å². The zero-order valence-corrected chi connectivity index (χ0v) is 12.7. The third kappa shape index (κ3) is 3.11. The Bertz CT molecular complexity index is 439. The molecule has 2 nitrogen and oxygen atoms in total. The fraction of sp³-hybridized carbons (Fsp3) is 0.647. The lowest BCUT2D eigenvalue weighted by molar-refractivity contribution is 0.134. The van der Waals surface area contributed by atoms with Crippen LogP contribution in [0.2, 0.25) is 0 Å². The number of piperidine rings is 1. The van der Waals surface area contributed by atoms with Gasteiger partial charge in [0.15, 0.2) is 0 Å². The van der Waals surface area contributed by atoms with Crippen LogP contribution in [0.4, 0.5) is 5.69 Å². The quantitative estimate of drug-likeness (QED) is 0.899. The summed E-state index contributed by atoms with van der Waals surface area (Å²) in [6, 6.07) is 6.76. The Morgan fingerprint density at radius 1 is 1.26 bits per heavy atom. The summed E-state index contributed by atoms with van der Waals surface area (Å²) in [5.41, 5.74) is 4.35. The minimum Gasteiger partial charge on any atom is -0.396 e. The Labute approximate surface area is 117 Å². The van der Waals surface area contributed by atoms with E-state index in [4.69, 9.17) is 0 Å². The molecule has 1 unspecified atom stereocenters. The molecule has 0 aliphatic carbocycles. The lowest BCUT2D eigenvalue weighted by Crippen LogP contribution is -2.46. The van der Waals surface area contributed by atoms with E-state index in [9.17, 15) is 5.11 Å². The van der Waals surface area contributed by atoms with Gasteiger partial charge in [0.25, 0.3) is 0 Å². The van der Waals surface area contributed by atoms with Gasteiger partial charge in [-0.1, -0.05) is 19.9 Å². The van der Waals surface area contributed by atoms with Crippen LogP contribution >= 0.6 is 0 Å². The molecule has 1 aliphatic heterocycles. The van der Waals surface area contributed by atoms with Gasteiger partial charge in [0.05, 0.1) is 0 Å². The van der Waals surface area contributed by atoms with Crippen LogP contribution in [0.1, 0.15) is 37.8 Å². The van der Waals surface area contributed by atoms with Crippen LogP contribution in [0.15, 0.2) is 18.2 Å². The average molecular weight is 261 g/mol. The van der Waals surface area contributed by atoms with Crippen LogP contribution in [-0.2, 0) is 0 Å². The highest BCUT2D eigenvalue weighted by molar-refractivity contribution is 5.51.